The molecule has 30 heavy (non-hydrogen) atoms. The molecule has 1 aromatic heterocycles. The number of rotatable bonds is 9. The first kappa shape index (κ1) is 21.8. The van der Waals surface area contributed by atoms with Crippen LogP contribution in [0.5, 0.6) is 0 Å². The molecule has 0 radical (unpaired) electrons. The predicted octanol–water partition coefficient (Wildman–Crippen LogP) is 4.20. The lowest BCUT2D eigenvalue weighted by Gasteiger charge is -2.18. The van der Waals surface area contributed by atoms with E-state index >= 15 is 0 Å². The predicted molar refractivity (Wildman–Crippen MR) is 124 cm³/mol. The highest BCUT2D eigenvalue weighted by Gasteiger charge is 2.20. The summed E-state index contributed by atoms with van der Waals surface area (Å²) in [5, 5.41) is 3.79. The Balaban J connectivity index is 1.68. The van der Waals surface area contributed by atoms with Gasteiger partial charge in [-0.1, -0.05) is 60.3 Å². The fourth-order valence-electron chi connectivity index (χ4n) is 3.20. The molecule has 0 fully saturated rings. The molecule has 0 aliphatic carbocycles. The van der Waals surface area contributed by atoms with Crippen molar-refractivity contribution in [3.63, 3.8) is 0 Å². The van der Waals surface area contributed by atoms with Crippen molar-refractivity contribution < 1.29 is 4.79 Å². The normalized spacial score (nSPS) is 13.0. The Labute approximate surface area is 181 Å². The summed E-state index contributed by atoms with van der Waals surface area (Å²) in [5.74, 6) is -0.0619. The third-order valence-electron chi connectivity index (χ3n) is 4.89. The number of amides is 1. The summed E-state index contributed by atoms with van der Waals surface area (Å²) in [4.78, 5) is 30.2. The standard InChI is InChI=1S/C24H27N3O2S/c1-4-16-27-23(29)20-12-8-9-13-21(20)26-24(27)30-18(3)22(28)25-17(2)14-15-19-10-6-5-7-11-19/h4-13,17-18H,1,14-16H2,2-3H3,(H,25,28). The van der Waals surface area contributed by atoms with Crippen LogP contribution in [-0.2, 0) is 17.8 Å². The zero-order valence-corrected chi connectivity index (χ0v) is 18.2. The lowest BCUT2D eigenvalue weighted by Crippen LogP contribution is -2.38. The molecule has 3 aromatic rings. The Hall–Kier alpha value is -2.86. The van der Waals surface area contributed by atoms with Gasteiger partial charge in [0.05, 0.1) is 16.2 Å². The van der Waals surface area contributed by atoms with Gasteiger partial charge in [-0.25, -0.2) is 4.98 Å². The zero-order chi connectivity index (χ0) is 21.5. The minimum Gasteiger partial charge on any atom is -0.353 e. The van der Waals surface area contributed by atoms with Crippen molar-refractivity contribution in [2.45, 2.75) is 49.7 Å². The maximum atomic E-state index is 12.8. The minimum atomic E-state index is -0.381. The van der Waals surface area contributed by atoms with E-state index in [2.05, 4.69) is 29.0 Å². The number of benzene rings is 2. The number of allylic oxidation sites excluding steroid dienone is 1. The van der Waals surface area contributed by atoms with Crippen molar-refractivity contribution in [1.82, 2.24) is 14.9 Å². The summed E-state index contributed by atoms with van der Waals surface area (Å²) in [6, 6.07) is 17.6. The minimum absolute atomic E-state index is 0.0562. The van der Waals surface area contributed by atoms with Crippen molar-refractivity contribution in [1.29, 1.82) is 0 Å². The van der Waals surface area contributed by atoms with Crippen LogP contribution in [0.3, 0.4) is 0 Å². The Morgan fingerprint density at radius 3 is 2.60 bits per heavy atom. The number of thioether (sulfide) groups is 1. The number of fused-ring (bicyclic) bond motifs is 1. The van der Waals surface area contributed by atoms with Crippen LogP contribution < -0.4 is 10.9 Å². The highest BCUT2D eigenvalue weighted by atomic mass is 32.2. The van der Waals surface area contributed by atoms with Gasteiger partial charge in [-0.15, -0.1) is 6.58 Å². The van der Waals surface area contributed by atoms with Crippen LogP contribution in [0.2, 0.25) is 0 Å². The van der Waals surface area contributed by atoms with E-state index in [-0.39, 0.29) is 22.8 Å². The lowest BCUT2D eigenvalue weighted by molar-refractivity contribution is -0.120. The van der Waals surface area contributed by atoms with Crippen LogP contribution in [0.25, 0.3) is 10.9 Å². The second kappa shape index (κ2) is 10.3. The van der Waals surface area contributed by atoms with E-state index in [4.69, 9.17) is 0 Å². The summed E-state index contributed by atoms with van der Waals surface area (Å²) in [7, 11) is 0. The maximum Gasteiger partial charge on any atom is 0.262 e. The van der Waals surface area contributed by atoms with E-state index in [9.17, 15) is 9.59 Å². The first-order chi connectivity index (χ1) is 14.5. The van der Waals surface area contributed by atoms with Gasteiger partial charge in [0.2, 0.25) is 5.91 Å². The molecule has 2 aromatic carbocycles. The van der Waals surface area contributed by atoms with Gasteiger partial charge in [0, 0.05) is 12.6 Å². The summed E-state index contributed by atoms with van der Waals surface area (Å²) in [6.07, 6.45) is 3.44. The summed E-state index contributed by atoms with van der Waals surface area (Å²) in [6.45, 7) is 7.94. The van der Waals surface area contributed by atoms with Gasteiger partial charge in [-0.3, -0.25) is 14.2 Å². The molecule has 1 heterocycles. The number of carbonyl (C=O) groups excluding carboxylic acids is 1. The van der Waals surface area contributed by atoms with E-state index in [0.717, 1.165) is 12.8 Å². The van der Waals surface area contributed by atoms with Crippen LogP contribution >= 0.6 is 11.8 Å². The highest BCUT2D eigenvalue weighted by molar-refractivity contribution is 8.00. The molecule has 6 heteroatoms. The molecule has 156 valence electrons. The van der Waals surface area contributed by atoms with Crippen molar-refractivity contribution in [3.8, 4) is 0 Å². The van der Waals surface area contributed by atoms with Gasteiger partial charge in [0.15, 0.2) is 5.16 Å². The number of aromatic nitrogens is 2. The molecule has 3 rings (SSSR count). The van der Waals surface area contributed by atoms with Crippen LogP contribution in [0, 0.1) is 0 Å². The largest absolute Gasteiger partial charge is 0.353 e. The number of nitrogens with one attached hydrogen (secondary N) is 1. The van der Waals surface area contributed by atoms with Crippen molar-refractivity contribution in [3.05, 3.63) is 83.2 Å². The summed E-state index contributed by atoms with van der Waals surface area (Å²) < 4.78 is 1.57. The van der Waals surface area contributed by atoms with E-state index < -0.39 is 0 Å². The topological polar surface area (TPSA) is 64.0 Å². The van der Waals surface area contributed by atoms with Gasteiger partial charge in [-0.05, 0) is 44.4 Å². The molecule has 1 N–H and O–H groups in total. The second-order valence-electron chi connectivity index (χ2n) is 7.31. The molecule has 0 saturated carbocycles. The number of nitrogens with zero attached hydrogens (tertiary/aromatic N) is 2. The molecular formula is C24H27N3O2S. The van der Waals surface area contributed by atoms with Crippen LogP contribution in [0.4, 0.5) is 0 Å². The molecule has 0 spiro atoms. The highest BCUT2D eigenvalue weighted by Crippen LogP contribution is 2.23. The van der Waals surface area contributed by atoms with E-state index in [1.807, 2.05) is 50.2 Å². The molecule has 0 aliphatic heterocycles. The average molecular weight is 422 g/mol. The lowest BCUT2D eigenvalue weighted by atomic mass is 10.1. The second-order valence-corrected chi connectivity index (χ2v) is 8.62. The van der Waals surface area contributed by atoms with Crippen LogP contribution in [-0.4, -0.2) is 26.8 Å². The third-order valence-corrected chi connectivity index (χ3v) is 5.98. The molecule has 0 aliphatic rings. The van der Waals surface area contributed by atoms with Crippen molar-refractivity contribution in [2.24, 2.45) is 0 Å². The van der Waals surface area contributed by atoms with E-state index in [1.54, 1.807) is 16.7 Å². The Kier molecular flexibility index (Phi) is 7.46. The monoisotopic (exact) mass is 421 g/mol. The molecule has 0 bridgehead atoms. The van der Waals surface area contributed by atoms with Crippen LogP contribution in [0.1, 0.15) is 25.8 Å². The Morgan fingerprint density at radius 1 is 1.17 bits per heavy atom. The fourth-order valence-corrected chi connectivity index (χ4v) is 4.13. The van der Waals surface area contributed by atoms with Crippen LogP contribution in [0.15, 0.2) is 77.2 Å². The molecule has 2 unspecified atom stereocenters. The quantitative estimate of drug-likeness (QED) is 0.319. The van der Waals surface area contributed by atoms with Gasteiger partial charge in [-0.2, -0.15) is 0 Å². The van der Waals surface area contributed by atoms with Gasteiger partial charge < -0.3 is 5.32 Å². The fraction of sp³-hybridized carbons (Fsp3) is 0.292. The SMILES string of the molecule is C=CCn1c(SC(C)C(=O)NC(C)CCc2ccccc2)nc2ccccc2c1=O. The molecule has 0 saturated heterocycles. The summed E-state index contributed by atoms with van der Waals surface area (Å²) >= 11 is 1.30. The van der Waals surface area contributed by atoms with Gasteiger partial charge >= 0.3 is 0 Å². The average Bonchev–Trinajstić information content (AvgIpc) is 2.75. The van der Waals surface area contributed by atoms with E-state index in [1.165, 1.54) is 17.3 Å². The number of hydrogen-bond donors (Lipinski definition) is 1. The maximum absolute atomic E-state index is 12.8. The van der Waals surface area contributed by atoms with Gasteiger partial charge in [0.25, 0.3) is 5.56 Å². The zero-order valence-electron chi connectivity index (χ0n) is 17.4. The Morgan fingerprint density at radius 2 is 1.87 bits per heavy atom. The first-order valence-corrected chi connectivity index (χ1v) is 11.0. The van der Waals surface area contributed by atoms with Crippen molar-refractivity contribution >= 4 is 28.6 Å². The number of aryl methyl sites for hydroxylation is 1. The molecule has 2 atom stereocenters. The smallest absolute Gasteiger partial charge is 0.262 e. The van der Waals surface area contributed by atoms with Crippen molar-refractivity contribution in [2.75, 3.05) is 0 Å². The first-order valence-electron chi connectivity index (χ1n) is 10.1. The number of para-hydroxylation sites is 1. The summed E-state index contributed by atoms with van der Waals surface area (Å²) in [5.41, 5.74) is 1.77. The van der Waals surface area contributed by atoms with Gasteiger partial charge in [0.1, 0.15) is 0 Å². The third kappa shape index (κ3) is 5.39. The number of carbonyl (C=O) groups is 1. The molecule has 1 amide bonds. The number of hydrogen-bond acceptors (Lipinski definition) is 4. The molecule has 5 nitrogen and oxygen atoms in total. The Bertz CT molecular complexity index is 1080. The molecular weight excluding hydrogens is 394 g/mol. The van der Waals surface area contributed by atoms with E-state index in [0.29, 0.717) is 22.6 Å².